The maximum absolute atomic E-state index is 11.4. The number of hydrogen-bond acceptors (Lipinski definition) is 3. The maximum atomic E-state index is 11.4. The molecule has 0 fully saturated rings. The number of carbonyl (C=O) groups is 1. The van der Waals surface area contributed by atoms with Crippen LogP contribution in [0.2, 0.25) is 0 Å². The van der Waals surface area contributed by atoms with Crippen molar-refractivity contribution in [3.8, 4) is 0 Å². The minimum Gasteiger partial charge on any atom is -0.396 e. The molecule has 0 aromatic carbocycles. The minimum atomic E-state index is 0.128. The van der Waals surface area contributed by atoms with Gasteiger partial charge in [0, 0.05) is 19.7 Å². The molecule has 0 saturated heterocycles. The molecule has 0 aromatic heterocycles. The van der Waals surface area contributed by atoms with Crippen LogP contribution in [0.5, 0.6) is 0 Å². The number of amides is 1. The monoisotopic (exact) mass is 188 g/mol. The van der Waals surface area contributed by atoms with E-state index in [4.69, 9.17) is 5.11 Å². The minimum absolute atomic E-state index is 0.128. The Labute approximate surface area is 79.9 Å². The van der Waals surface area contributed by atoms with Gasteiger partial charge >= 0.3 is 0 Å². The van der Waals surface area contributed by atoms with Crippen LogP contribution < -0.4 is 5.32 Å². The van der Waals surface area contributed by atoms with Crippen LogP contribution in [0.3, 0.4) is 0 Å². The van der Waals surface area contributed by atoms with Crippen molar-refractivity contribution < 1.29 is 9.90 Å². The Hall–Kier alpha value is -0.610. The number of nitrogens with zero attached hydrogens (tertiary/aromatic N) is 1. The number of nitrogens with one attached hydrogen (secondary N) is 1. The lowest BCUT2D eigenvalue weighted by molar-refractivity contribution is -0.129. The molecule has 0 bridgehead atoms. The first-order valence-corrected chi connectivity index (χ1v) is 4.85. The summed E-state index contributed by atoms with van der Waals surface area (Å²) in [7, 11) is 0. The van der Waals surface area contributed by atoms with Crippen LogP contribution >= 0.6 is 0 Å². The van der Waals surface area contributed by atoms with Gasteiger partial charge in [-0.2, -0.15) is 0 Å². The molecule has 78 valence electrons. The van der Waals surface area contributed by atoms with Gasteiger partial charge in [0.1, 0.15) is 0 Å². The SMILES string of the molecule is CCN(CC)C(=O)CNCCCO. The van der Waals surface area contributed by atoms with Crippen LogP contribution in [-0.2, 0) is 4.79 Å². The highest BCUT2D eigenvalue weighted by atomic mass is 16.3. The smallest absolute Gasteiger partial charge is 0.236 e. The third kappa shape index (κ3) is 5.60. The van der Waals surface area contributed by atoms with Crippen molar-refractivity contribution >= 4 is 5.91 Å². The molecule has 0 aromatic rings. The fraction of sp³-hybridized carbons (Fsp3) is 0.889. The highest BCUT2D eigenvalue weighted by molar-refractivity contribution is 5.78. The molecule has 4 heteroatoms. The van der Waals surface area contributed by atoms with Crippen molar-refractivity contribution in [2.75, 3.05) is 32.8 Å². The molecule has 1 amide bonds. The molecule has 0 aliphatic rings. The summed E-state index contributed by atoms with van der Waals surface area (Å²) in [5.74, 6) is 0.128. The zero-order valence-corrected chi connectivity index (χ0v) is 8.55. The first-order valence-electron chi connectivity index (χ1n) is 4.85. The quantitative estimate of drug-likeness (QED) is 0.545. The Balaban J connectivity index is 3.48. The Bertz CT molecular complexity index is 136. The second-order valence-corrected chi connectivity index (χ2v) is 2.82. The number of aliphatic hydroxyl groups is 1. The highest BCUT2D eigenvalue weighted by Crippen LogP contribution is 1.87. The van der Waals surface area contributed by atoms with E-state index >= 15 is 0 Å². The van der Waals surface area contributed by atoms with Gasteiger partial charge in [-0.3, -0.25) is 4.79 Å². The van der Waals surface area contributed by atoms with Crippen molar-refractivity contribution in [3.05, 3.63) is 0 Å². The van der Waals surface area contributed by atoms with E-state index in [0.29, 0.717) is 19.5 Å². The molecule has 13 heavy (non-hydrogen) atoms. The number of aliphatic hydroxyl groups excluding tert-OH is 1. The van der Waals surface area contributed by atoms with Gasteiger partial charge in [-0.15, -0.1) is 0 Å². The van der Waals surface area contributed by atoms with Crippen LogP contribution in [0.4, 0.5) is 0 Å². The predicted octanol–water partition coefficient (Wildman–Crippen LogP) is -0.173. The zero-order chi connectivity index (χ0) is 10.1. The molecule has 4 nitrogen and oxygen atoms in total. The topological polar surface area (TPSA) is 52.6 Å². The number of rotatable bonds is 7. The Morgan fingerprint density at radius 2 is 2.00 bits per heavy atom. The molecule has 0 radical (unpaired) electrons. The number of carbonyl (C=O) groups excluding carboxylic acids is 1. The molecule has 0 rings (SSSR count). The van der Waals surface area contributed by atoms with E-state index in [1.54, 1.807) is 4.90 Å². The van der Waals surface area contributed by atoms with Crippen LogP contribution in [0.25, 0.3) is 0 Å². The summed E-state index contributed by atoms with van der Waals surface area (Å²) < 4.78 is 0. The van der Waals surface area contributed by atoms with Gasteiger partial charge in [-0.25, -0.2) is 0 Å². The van der Waals surface area contributed by atoms with Gasteiger partial charge in [0.25, 0.3) is 0 Å². The molecular formula is C9H20N2O2. The molecule has 0 saturated carbocycles. The molecule has 0 heterocycles. The molecule has 0 spiro atoms. The average Bonchev–Trinajstić information content (AvgIpc) is 2.14. The third-order valence-electron chi connectivity index (χ3n) is 1.90. The summed E-state index contributed by atoms with van der Waals surface area (Å²) >= 11 is 0. The van der Waals surface area contributed by atoms with E-state index in [1.165, 1.54) is 0 Å². The number of hydrogen-bond donors (Lipinski definition) is 2. The summed E-state index contributed by atoms with van der Waals surface area (Å²) in [5.41, 5.74) is 0. The molecule has 2 N–H and O–H groups in total. The first kappa shape index (κ1) is 12.4. The largest absolute Gasteiger partial charge is 0.396 e. The standard InChI is InChI=1S/C9H20N2O2/c1-3-11(4-2)9(13)8-10-6-5-7-12/h10,12H,3-8H2,1-2H3. The third-order valence-corrected chi connectivity index (χ3v) is 1.90. The lowest BCUT2D eigenvalue weighted by Crippen LogP contribution is -2.38. The van der Waals surface area contributed by atoms with Crippen molar-refractivity contribution in [2.45, 2.75) is 20.3 Å². The molecule has 0 unspecified atom stereocenters. The van der Waals surface area contributed by atoms with E-state index < -0.39 is 0 Å². The van der Waals surface area contributed by atoms with E-state index in [2.05, 4.69) is 5.32 Å². The Morgan fingerprint density at radius 3 is 2.46 bits per heavy atom. The summed E-state index contributed by atoms with van der Waals surface area (Å²) in [6.45, 7) is 6.70. The van der Waals surface area contributed by atoms with Crippen LogP contribution in [0, 0.1) is 0 Å². The second-order valence-electron chi connectivity index (χ2n) is 2.82. The van der Waals surface area contributed by atoms with Crippen molar-refractivity contribution in [3.63, 3.8) is 0 Å². The first-order chi connectivity index (χ1) is 6.26. The summed E-state index contributed by atoms with van der Waals surface area (Å²) in [6.07, 6.45) is 0.700. The zero-order valence-electron chi connectivity index (χ0n) is 8.55. The van der Waals surface area contributed by atoms with E-state index in [0.717, 1.165) is 13.1 Å². The molecule has 0 aliphatic carbocycles. The Morgan fingerprint density at radius 1 is 1.38 bits per heavy atom. The lowest BCUT2D eigenvalue weighted by Gasteiger charge is -2.18. The summed E-state index contributed by atoms with van der Waals surface area (Å²) in [6, 6.07) is 0. The van der Waals surface area contributed by atoms with E-state index in [-0.39, 0.29) is 12.5 Å². The van der Waals surface area contributed by atoms with Gasteiger partial charge in [-0.1, -0.05) is 0 Å². The van der Waals surface area contributed by atoms with E-state index in [9.17, 15) is 4.79 Å². The Kier molecular flexibility index (Phi) is 7.63. The molecule has 0 atom stereocenters. The predicted molar refractivity (Wildman–Crippen MR) is 52.5 cm³/mol. The van der Waals surface area contributed by atoms with Gasteiger partial charge < -0.3 is 15.3 Å². The van der Waals surface area contributed by atoms with Crippen LogP contribution in [0.1, 0.15) is 20.3 Å². The summed E-state index contributed by atoms with van der Waals surface area (Å²) in [4.78, 5) is 13.2. The van der Waals surface area contributed by atoms with Crippen molar-refractivity contribution in [2.24, 2.45) is 0 Å². The number of likely N-dealkylation sites (N-methyl/N-ethyl adjacent to an activating group) is 1. The highest BCUT2D eigenvalue weighted by Gasteiger charge is 2.07. The fourth-order valence-corrected chi connectivity index (χ4v) is 1.09. The van der Waals surface area contributed by atoms with Gasteiger partial charge in [0.15, 0.2) is 0 Å². The lowest BCUT2D eigenvalue weighted by atomic mass is 10.4. The maximum Gasteiger partial charge on any atom is 0.236 e. The van der Waals surface area contributed by atoms with Gasteiger partial charge in [0.2, 0.25) is 5.91 Å². The molecular weight excluding hydrogens is 168 g/mol. The second kappa shape index (κ2) is 8.01. The van der Waals surface area contributed by atoms with Crippen LogP contribution in [0.15, 0.2) is 0 Å². The van der Waals surface area contributed by atoms with Gasteiger partial charge in [-0.05, 0) is 26.8 Å². The van der Waals surface area contributed by atoms with Gasteiger partial charge in [0.05, 0.1) is 6.54 Å². The summed E-state index contributed by atoms with van der Waals surface area (Å²) in [5, 5.41) is 11.5. The normalized spacial score (nSPS) is 10.1. The van der Waals surface area contributed by atoms with Crippen molar-refractivity contribution in [1.82, 2.24) is 10.2 Å². The van der Waals surface area contributed by atoms with Crippen LogP contribution in [-0.4, -0.2) is 48.7 Å². The molecule has 0 aliphatic heterocycles. The fourth-order valence-electron chi connectivity index (χ4n) is 1.09. The van der Waals surface area contributed by atoms with E-state index in [1.807, 2.05) is 13.8 Å². The van der Waals surface area contributed by atoms with Crippen molar-refractivity contribution in [1.29, 1.82) is 0 Å². The average molecular weight is 188 g/mol.